The average molecular weight is 291 g/mol. The molecule has 0 bridgehead atoms. The van der Waals surface area contributed by atoms with Crippen LogP contribution in [0.15, 0.2) is 42.5 Å². The first kappa shape index (κ1) is 14.4. The number of hydrogen-bond donors (Lipinski definition) is 1. The van der Waals surface area contributed by atoms with Gasteiger partial charge in [-0.05, 0) is 35.7 Å². The van der Waals surface area contributed by atoms with E-state index >= 15 is 0 Å². The molecule has 104 valence electrons. The van der Waals surface area contributed by atoms with Gasteiger partial charge in [-0.2, -0.15) is 0 Å². The van der Waals surface area contributed by atoms with Gasteiger partial charge in [0.25, 0.3) is 0 Å². The first-order chi connectivity index (χ1) is 9.47. The highest BCUT2D eigenvalue weighted by molar-refractivity contribution is 6.30. The van der Waals surface area contributed by atoms with Gasteiger partial charge >= 0.3 is 5.97 Å². The van der Waals surface area contributed by atoms with E-state index in [4.69, 9.17) is 21.4 Å². The van der Waals surface area contributed by atoms with E-state index in [-0.39, 0.29) is 11.3 Å². The molecule has 0 saturated carbocycles. The number of carboxylic acid groups (broad SMARTS) is 1. The van der Waals surface area contributed by atoms with Crippen LogP contribution in [-0.4, -0.2) is 11.1 Å². The van der Waals surface area contributed by atoms with Crippen molar-refractivity contribution in [2.75, 3.05) is 0 Å². The zero-order valence-electron chi connectivity index (χ0n) is 11.3. The molecule has 0 atom stereocenters. The molecule has 0 unspecified atom stereocenters. The van der Waals surface area contributed by atoms with Gasteiger partial charge in [0.15, 0.2) is 0 Å². The second-order valence-electron chi connectivity index (χ2n) is 4.77. The maximum atomic E-state index is 11.2. The first-order valence-corrected chi connectivity index (χ1v) is 6.66. The van der Waals surface area contributed by atoms with Gasteiger partial charge in [0.1, 0.15) is 17.1 Å². The van der Waals surface area contributed by atoms with Gasteiger partial charge in [-0.15, -0.1) is 0 Å². The van der Waals surface area contributed by atoms with Crippen molar-refractivity contribution in [3.8, 4) is 11.5 Å². The minimum absolute atomic E-state index is 0.0874. The second kappa shape index (κ2) is 5.97. The van der Waals surface area contributed by atoms with Crippen LogP contribution in [0.5, 0.6) is 11.5 Å². The number of ether oxygens (including phenoxy) is 1. The highest BCUT2D eigenvalue weighted by Crippen LogP contribution is 2.30. The average Bonchev–Trinajstić information content (AvgIpc) is 2.38. The number of carboxylic acids is 1. The Morgan fingerprint density at radius 1 is 1.20 bits per heavy atom. The molecule has 0 aliphatic carbocycles. The molecule has 0 aromatic heterocycles. The van der Waals surface area contributed by atoms with Gasteiger partial charge in [-0.1, -0.05) is 37.6 Å². The number of benzene rings is 2. The highest BCUT2D eigenvalue weighted by atomic mass is 35.5. The monoisotopic (exact) mass is 290 g/mol. The normalized spacial score (nSPS) is 10.6. The van der Waals surface area contributed by atoms with Crippen LogP contribution in [0, 0.1) is 0 Å². The third kappa shape index (κ3) is 3.31. The minimum atomic E-state index is -1.04. The number of halogens is 1. The molecule has 0 radical (unpaired) electrons. The summed E-state index contributed by atoms with van der Waals surface area (Å²) in [4.78, 5) is 11.2. The van der Waals surface area contributed by atoms with Crippen molar-refractivity contribution in [1.29, 1.82) is 0 Å². The Balaban J connectivity index is 2.36. The van der Waals surface area contributed by atoms with Crippen LogP contribution >= 0.6 is 11.6 Å². The van der Waals surface area contributed by atoms with Crippen LogP contribution in [-0.2, 0) is 0 Å². The van der Waals surface area contributed by atoms with Gasteiger partial charge in [-0.3, -0.25) is 0 Å². The molecular formula is C16H15ClO3. The van der Waals surface area contributed by atoms with Crippen molar-refractivity contribution >= 4 is 17.6 Å². The first-order valence-electron chi connectivity index (χ1n) is 6.28. The topological polar surface area (TPSA) is 46.5 Å². The Labute approximate surface area is 122 Å². The Kier molecular flexibility index (Phi) is 4.30. The molecular weight excluding hydrogens is 276 g/mol. The number of hydrogen-bond acceptors (Lipinski definition) is 2. The molecule has 0 heterocycles. The van der Waals surface area contributed by atoms with E-state index in [2.05, 4.69) is 13.8 Å². The minimum Gasteiger partial charge on any atom is -0.478 e. The molecule has 0 amide bonds. The Bertz CT molecular complexity index is 635. The van der Waals surface area contributed by atoms with E-state index in [1.165, 1.54) is 18.2 Å². The van der Waals surface area contributed by atoms with E-state index in [9.17, 15) is 4.79 Å². The van der Waals surface area contributed by atoms with Crippen LogP contribution in [0.25, 0.3) is 0 Å². The summed E-state index contributed by atoms with van der Waals surface area (Å²) >= 11 is 5.90. The lowest BCUT2D eigenvalue weighted by Gasteiger charge is -2.11. The van der Waals surface area contributed by atoms with Crippen LogP contribution < -0.4 is 4.74 Å². The van der Waals surface area contributed by atoms with Gasteiger partial charge in [0.05, 0.1) is 0 Å². The van der Waals surface area contributed by atoms with E-state index in [1.807, 2.05) is 18.2 Å². The third-order valence-corrected chi connectivity index (χ3v) is 3.16. The smallest absolute Gasteiger partial charge is 0.339 e. The third-order valence-electron chi connectivity index (χ3n) is 2.93. The van der Waals surface area contributed by atoms with Crippen molar-refractivity contribution in [2.45, 2.75) is 19.8 Å². The molecule has 0 fully saturated rings. The number of rotatable bonds is 4. The van der Waals surface area contributed by atoms with Crippen molar-refractivity contribution in [1.82, 2.24) is 0 Å². The summed E-state index contributed by atoms with van der Waals surface area (Å²) in [5.41, 5.74) is 1.21. The maximum absolute atomic E-state index is 11.2. The molecule has 3 nitrogen and oxygen atoms in total. The molecule has 2 rings (SSSR count). The summed E-state index contributed by atoms with van der Waals surface area (Å²) in [6.07, 6.45) is 0. The Morgan fingerprint density at radius 3 is 2.60 bits per heavy atom. The van der Waals surface area contributed by atoms with E-state index < -0.39 is 5.97 Å². The maximum Gasteiger partial charge on any atom is 0.339 e. The zero-order chi connectivity index (χ0) is 14.7. The summed E-state index contributed by atoms with van der Waals surface area (Å²) in [5, 5.41) is 9.59. The summed E-state index contributed by atoms with van der Waals surface area (Å²) in [5.74, 6) is 0.167. The predicted octanol–water partition coefficient (Wildman–Crippen LogP) is 4.95. The van der Waals surface area contributed by atoms with Crippen molar-refractivity contribution in [3.63, 3.8) is 0 Å². The molecule has 0 saturated heterocycles. The van der Waals surface area contributed by atoms with E-state index in [0.29, 0.717) is 16.7 Å². The Morgan fingerprint density at radius 2 is 1.95 bits per heavy atom. The lowest BCUT2D eigenvalue weighted by Crippen LogP contribution is -2.00. The summed E-state index contributed by atoms with van der Waals surface area (Å²) < 4.78 is 5.68. The van der Waals surface area contributed by atoms with Crippen molar-refractivity contribution in [2.24, 2.45) is 0 Å². The molecule has 0 spiro atoms. The quantitative estimate of drug-likeness (QED) is 0.866. The number of aromatic carboxylic acids is 1. The van der Waals surface area contributed by atoms with E-state index in [0.717, 1.165) is 5.56 Å². The summed E-state index contributed by atoms with van der Waals surface area (Å²) in [6, 6.07) is 12.1. The summed E-state index contributed by atoms with van der Waals surface area (Å²) in [6.45, 7) is 4.17. The van der Waals surface area contributed by atoms with Crippen LogP contribution in [0.2, 0.25) is 5.02 Å². The van der Waals surface area contributed by atoms with Crippen LogP contribution in [0.1, 0.15) is 35.7 Å². The fourth-order valence-electron chi connectivity index (χ4n) is 1.82. The zero-order valence-corrected chi connectivity index (χ0v) is 12.0. The van der Waals surface area contributed by atoms with Gasteiger partial charge in [0, 0.05) is 11.1 Å². The Hall–Kier alpha value is -2.00. The summed E-state index contributed by atoms with van der Waals surface area (Å²) in [7, 11) is 0. The molecule has 1 N–H and O–H groups in total. The highest BCUT2D eigenvalue weighted by Gasteiger charge is 2.13. The number of carbonyl (C=O) groups is 1. The van der Waals surface area contributed by atoms with Crippen LogP contribution in [0.4, 0.5) is 0 Å². The SMILES string of the molecule is CC(C)c1cccc(Oc2cc(Cl)ccc2C(=O)O)c1. The molecule has 2 aromatic carbocycles. The van der Waals surface area contributed by atoms with Gasteiger partial charge in [-0.25, -0.2) is 4.79 Å². The fourth-order valence-corrected chi connectivity index (χ4v) is 1.98. The van der Waals surface area contributed by atoms with Gasteiger partial charge in [0.2, 0.25) is 0 Å². The van der Waals surface area contributed by atoms with Crippen LogP contribution in [0.3, 0.4) is 0 Å². The largest absolute Gasteiger partial charge is 0.478 e. The fraction of sp³-hybridized carbons (Fsp3) is 0.188. The van der Waals surface area contributed by atoms with Gasteiger partial charge < -0.3 is 9.84 Å². The predicted molar refractivity (Wildman–Crippen MR) is 79.0 cm³/mol. The molecule has 4 heteroatoms. The molecule has 20 heavy (non-hydrogen) atoms. The standard InChI is InChI=1S/C16H15ClO3/c1-10(2)11-4-3-5-13(8-11)20-15-9-12(17)6-7-14(15)16(18)19/h3-10H,1-2H3,(H,18,19). The molecule has 2 aromatic rings. The molecule has 0 aliphatic rings. The molecule has 0 aliphatic heterocycles. The second-order valence-corrected chi connectivity index (χ2v) is 5.21. The lowest BCUT2D eigenvalue weighted by molar-refractivity contribution is 0.0694. The van der Waals surface area contributed by atoms with Crippen molar-refractivity contribution < 1.29 is 14.6 Å². The van der Waals surface area contributed by atoms with Crippen molar-refractivity contribution in [3.05, 3.63) is 58.6 Å². The lowest BCUT2D eigenvalue weighted by atomic mass is 10.0. The van der Waals surface area contributed by atoms with E-state index in [1.54, 1.807) is 6.07 Å².